The summed E-state index contributed by atoms with van der Waals surface area (Å²) in [6.45, 7) is 3.78. The van der Waals surface area contributed by atoms with Gasteiger partial charge < -0.3 is 15.3 Å². The van der Waals surface area contributed by atoms with Gasteiger partial charge in [-0.3, -0.25) is 9.78 Å². The molecule has 0 saturated carbocycles. The van der Waals surface area contributed by atoms with Gasteiger partial charge in [-0.05, 0) is 54.8 Å². The summed E-state index contributed by atoms with van der Waals surface area (Å²) < 4.78 is 14.1. The highest BCUT2D eigenvalue weighted by molar-refractivity contribution is 6.31. The van der Waals surface area contributed by atoms with E-state index in [9.17, 15) is 14.0 Å². The largest absolute Gasteiger partial charge is 0.465 e. The Morgan fingerprint density at radius 1 is 1.26 bits per heavy atom. The molecule has 0 saturated heterocycles. The number of aromatic nitrogens is 1. The number of fused-ring (bicyclic) bond motifs is 1. The van der Waals surface area contributed by atoms with E-state index in [0.29, 0.717) is 44.6 Å². The maximum absolute atomic E-state index is 14.1. The predicted molar refractivity (Wildman–Crippen MR) is 119 cm³/mol. The number of hydrogen-bond acceptors (Lipinski definition) is 3. The Morgan fingerprint density at radius 2 is 2.00 bits per heavy atom. The van der Waals surface area contributed by atoms with Crippen molar-refractivity contribution in [1.29, 1.82) is 0 Å². The van der Waals surface area contributed by atoms with E-state index in [1.165, 1.54) is 17.0 Å². The molecule has 1 aromatic heterocycles. The number of halogens is 2. The summed E-state index contributed by atoms with van der Waals surface area (Å²) in [4.78, 5) is 30.5. The first-order chi connectivity index (χ1) is 14.7. The lowest BCUT2D eigenvalue weighted by molar-refractivity contribution is 0.0780. The second-order valence-corrected chi connectivity index (χ2v) is 7.90. The summed E-state index contributed by atoms with van der Waals surface area (Å²) in [6, 6.07) is 9.19. The normalized spacial score (nSPS) is 11.9. The topological polar surface area (TPSA) is 82.5 Å². The first kappa shape index (κ1) is 22.5. The monoisotopic (exact) mass is 443 g/mol. The molecule has 0 aliphatic heterocycles. The van der Waals surface area contributed by atoms with Gasteiger partial charge in [0.25, 0.3) is 5.91 Å². The molecule has 8 heteroatoms. The first-order valence-electron chi connectivity index (χ1n) is 9.80. The van der Waals surface area contributed by atoms with Crippen LogP contribution < -0.4 is 5.32 Å². The van der Waals surface area contributed by atoms with Crippen LogP contribution >= 0.6 is 11.6 Å². The molecule has 0 aliphatic carbocycles. The zero-order valence-electron chi connectivity index (χ0n) is 17.4. The quantitative estimate of drug-likeness (QED) is 0.553. The highest BCUT2D eigenvalue weighted by Gasteiger charge is 2.23. The van der Waals surface area contributed by atoms with Crippen LogP contribution in [-0.4, -0.2) is 46.6 Å². The summed E-state index contributed by atoms with van der Waals surface area (Å²) in [7, 11) is 1.60. The van der Waals surface area contributed by atoms with Crippen molar-refractivity contribution in [3.8, 4) is 11.1 Å². The number of carbonyl (C=O) groups excluding carboxylic acids is 1. The van der Waals surface area contributed by atoms with Crippen LogP contribution in [0.25, 0.3) is 22.0 Å². The zero-order chi connectivity index (χ0) is 22.7. The molecule has 2 aromatic carbocycles. The highest BCUT2D eigenvalue weighted by atomic mass is 35.5. The maximum Gasteiger partial charge on any atom is 0.404 e. The minimum Gasteiger partial charge on any atom is -0.465 e. The van der Waals surface area contributed by atoms with E-state index in [1.807, 2.05) is 6.92 Å². The molecule has 1 unspecified atom stereocenters. The average molecular weight is 444 g/mol. The lowest BCUT2D eigenvalue weighted by atomic mass is 9.95. The van der Waals surface area contributed by atoms with Crippen LogP contribution in [0.15, 0.2) is 42.6 Å². The zero-order valence-corrected chi connectivity index (χ0v) is 18.2. The van der Waals surface area contributed by atoms with Crippen molar-refractivity contribution < 1.29 is 19.1 Å². The molecule has 2 amide bonds. The Labute approximate surface area is 184 Å². The minimum atomic E-state index is -1.15. The van der Waals surface area contributed by atoms with E-state index in [0.717, 1.165) is 0 Å². The Morgan fingerprint density at radius 3 is 2.65 bits per heavy atom. The Hall–Kier alpha value is -3.19. The van der Waals surface area contributed by atoms with Crippen LogP contribution in [0.5, 0.6) is 0 Å². The molecule has 0 bridgehead atoms. The van der Waals surface area contributed by atoms with Crippen molar-refractivity contribution in [1.82, 2.24) is 15.2 Å². The Kier molecular flexibility index (Phi) is 6.75. The van der Waals surface area contributed by atoms with Gasteiger partial charge in [0, 0.05) is 41.8 Å². The second-order valence-electron chi connectivity index (χ2n) is 7.47. The van der Waals surface area contributed by atoms with Gasteiger partial charge in [-0.25, -0.2) is 9.18 Å². The number of carboxylic acid groups (broad SMARTS) is 1. The molecule has 0 radical (unpaired) electrons. The molecule has 0 fully saturated rings. The number of benzene rings is 2. The third-order valence-corrected chi connectivity index (χ3v) is 5.29. The number of aryl methyl sites for hydroxylation is 1. The molecule has 0 spiro atoms. The molecular weight excluding hydrogens is 421 g/mol. The molecular formula is C23H23ClFN3O3. The lowest BCUT2D eigenvalue weighted by Gasteiger charge is -2.25. The van der Waals surface area contributed by atoms with Crippen molar-refractivity contribution in [2.24, 2.45) is 0 Å². The van der Waals surface area contributed by atoms with Crippen LogP contribution in [0.1, 0.15) is 29.3 Å². The van der Waals surface area contributed by atoms with Gasteiger partial charge in [-0.2, -0.15) is 0 Å². The molecule has 0 aliphatic rings. The number of nitrogens with one attached hydrogen (secondary N) is 1. The van der Waals surface area contributed by atoms with Crippen molar-refractivity contribution in [2.45, 2.75) is 26.3 Å². The Bertz CT molecular complexity index is 1130. The Balaban J connectivity index is 2.14. The highest BCUT2D eigenvalue weighted by Crippen LogP contribution is 2.32. The first-order valence-corrected chi connectivity index (χ1v) is 10.2. The minimum absolute atomic E-state index is 0.174. The number of amides is 2. The third-order valence-electron chi connectivity index (χ3n) is 5.06. The van der Waals surface area contributed by atoms with Crippen LogP contribution in [0, 0.1) is 12.7 Å². The van der Waals surface area contributed by atoms with Gasteiger partial charge in [0.1, 0.15) is 5.82 Å². The third kappa shape index (κ3) is 5.11. The van der Waals surface area contributed by atoms with Crippen molar-refractivity contribution in [3.63, 3.8) is 0 Å². The smallest absolute Gasteiger partial charge is 0.404 e. The summed E-state index contributed by atoms with van der Waals surface area (Å²) >= 11 is 6.20. The van der Waals surface area contributed by atoms with Crippen LogP contribution in [0.4, 0.5) is 9.18 Å². The number of carbonyl (C=O) groups is 2. The van der Waals surface area contributed by atoms with Gasteiger partial charge in [-0.15, -0.1) is 0 Å². The summed E-state index contributed by atoms with van der Waals surface area (Å²) in [5, 5.41) is 12.4. The van der Waals surface area contributed by atoms with E-state index in [2.05, 4.69) is 10.3 Å². The fourth-order valence-electron chi connectivity index (χ4n) is 3.56. The van der Waals surface area contributed by atoms with Gasteiger partial charge >= 0.3 is 6.09 Å². The molecule has 162 valence electrons. The van der Waals surface area contributed by atoms with E-state index >= 15 is 0 Å². The van der Waals surface area contributed by atoms with Crippen LogP contribution in [0.3, 0.4) is 0 Å². The van der Waals surface area contributed by atoms with Crippen molar-refractivity contribution in [2.75, 3.05) is 13.6 Å². The summed E-state index contributed by atoms with van der Waals surface area (Å²) in [5.41, 5.74) is 2.64. The number of nitrogens with zero attached hydrogens (tertiary/aromatic N) is 2. The molecule has 2 N–H and O–H groups in total. The lowest BCUT2D eigenvalue weighted by Crippen LogP contribution is -2.43. The average Bonchev–Trinajstić information content (AvgIpc) is 2.70. The molecule has 1 atom stereocenters. The van der Waals surface area contributed by atoms with Gasteiger partial charge in [0.15, 0.2) is 0 Å². The van der Waals surface area contributed by atoms with Gasteiger partial charge in [-0.1, -0.05) is 24.6 Å². The van der Waals surface area contributed by atoms with E-state index in [4.69, 9.17) is 16.7 Å². The maximum atomic E-state index is 14.1. The SMILES string of the molecule is CCC(CN(C)C(=O)c1c(-c2cc(C)cc(F)c2)cnc2ccc(Cl)cc12)NC(=O)O. The number of rotatable bonds is 6. The standard InChI is InChI=1S/C23H23ClFN3O3/c1-4-17(27-23(30)31)12-28(3)22(29)21-18-10-15(24)5-6-20(18)26-11-19(21)14-7-13(2)8-16(25)9-14/h5-11,17,27H,4,12H2,1-3H3,(H,30,31). The molecule has 31 heavy (non-hydrogen) atoms. The van der Waals surface area contributed by atoms with Crippen LogP contribution in [0.2, 0.25) is 5.02 Å². The van der Waals surface area contributed by atoms with Crippen LogP contribution in [-0.2, 0) is 0 Å². The van der Waals surface area contributed by atoms with E-state index < -0.39 is 18.0 Å². The number of hydrogen-bond donors (Lipinski definition) is 2. The van der Waals surface area contributed by atoms with Gasteiger partial charge in [0.05, 0.1) is 11.1 Å². The van der Waals surface area contributed by atoms with Crippen molar-refractivity contribution in [3.05, 3.63) is 64.6 Å². The fraction of sp³-hybridized carbons (Fsp3) is 0.261. The van der Waals surface area contributed by atoms with Gasteiger partial charge in [0.2, 0.25) is 0 Å². The number of pyridine rings is 1. The summed E-state index contributed by atoms with van der Waals surface area (Å²) in [5.74, 6) is -0.748. The molecule has 3 aromatic rings. The second kappa shape index (κ2) is 9.31. The number of likely N-dealkylation sites (N-methyl/N-ethyl adjacent to an activating group) is 1. The summed E-state index contributed by atoms with van der Waals surface area (Å²) in [6.07, 6.45) is 0.922. The molecule has 6 nitrogen and oxygen atoms in total. The molecule has 1 heterocycles. The van der Waals surface area contributed by atoms with E-state index in [1.54, 1.807) is 44.4 Å². The predicted octanol–water partition coefficient (Wildman–Crippen LogP) is 5.12. The molecule has 3 rings (SSSR count). The van der Waals surface area contributed by atoms with Crippen molar-refractivity contribution >= 4 is 34.5 Å². The van der Waals surface area contributed by atoms with E-state index in [-0.39, 0.29) is 12.5 Å². The fourth-order valence-corrected chi connectivity index (χ4v) is 3.73.